The van der Waals surface area contributed by atoms with Crippen LogP contribution >= 0.6 is 0 Å². The lowest BCUT2D eigenvalue weighted by Gasteiger charge is -2.36. The summed E-state index contributed by atoms with van der Waals surface area (Å²) in [6, 6.07) is 7.75. The molecule has 118 valence electrons. The van der Waals surface area contributed by atoms with Gasteiger partial charge in [0.15, 0.2) is 0 Å². The Morgan fingerprint density at radius 1 is 1.19 bits per heavy atom. The molecule has 0 bridgehead atoms. The van der Waals surface area contributed by atoms with E-state index >= 15 is 0 Å². The van der Waals surface area contributed by atoms with Crippen LogP contribution in [0.15, 0.2) is 24.3 Å². The van der Waals surface area contributed by atoms with Gasteiger partial charge in [-0.1, -0.05) is 31.9 Å². The van der Waals surface area contributed by atoms with Gasteiger partial charge in [0, 0.05) is 19.1 Å². The molecule has 1 fully saturated rings. The van der Waals surface area contributed by atoms with E-state index in [1.165, 1.54) is 32.1 Å². The Kier molecular flexibility index (Phi) is 6.50. The third-order valence-electron chi connectivity index (χ3n) is 4.60. The zero-order valence-electron chi connectivity index (χ0n) is 13.4. The molecule has 1 N–H and O–H groups in total. The van der Waals surface area contributed by atoms with Crippen molar-refractivity contribution in [3.05, 3.63) is 30.1 Å². The number of anilines is 1. The van der Waals surface area contributed by atoms with Crippen molar-refractivity contribution in [3.8, 4) is 0 Å². The molecule has 0 heterocycles. The minimum atomic E-state index is -0.103. The highest BCUT2D eigenvalue weighted by atomic mass is 19.1. The summed E-state index contributed by atoms with van der Waals surface area (Å²) in [5.74, 6) is 0.526. The van der Waals surface area contributed by atoms with Crippen molar-refractivity contribution >= 4 is 5.69 Å². The lowest BCUT2D eigenvalue weighted by atomic mass is 9.84. The smallest absolute Gasteiger partial charge is 0.146 e. The number of hydrogen-bond donors (Lipinski definition) is 1. The largest absolute Gasteiger partial charge is 0.369 e. The highest BCUT2D eigenvalue weighted by molar-refractivity contribution is 5.47. The predicted octanol–water partition coefficient (Wildman–Crippen LogP) is 4.21. The van der Waals surface area contributed by atoms with Gasteiger partial charge in [-0.15, -0.1) is 0 Å². The van der Waals surface area contributed by atoms with Gasteiger partial charge in [-0.3, -0.25) is 0 Å². The number of benzene rings is 1. The highest BCUT2D eigenvalue weighted by Crippen LogP contribution is 2.28. The van der Waals surface area contributed by atoms with E-state index in [1.54, 1.807) is 12.1 Å². The molecule has 1 aliphatic rings. The number of para-hydroxylation sites is 1. The summed E-state index contributed by atoms with van der Waals surface area (Å²) in [7, 11) is 0. The van der Waals surface area contributed by atoms with Crippen molar-refractivity contribution in [1.82, 2.24) is 5.32 Å². The second-order valence-electron chi connectivity index (χ2n) is 6.10. The van der Waals surface area contributed by atoms with Gasteiger partial charge in [0.05, 0.1) is 5.69 Å². The van der Waals surface area contributed by atoms with Gasteiger partial charge >= 0.3 is 0 Å². The minimum absolute atomic E-state index is 0.103. The lowest BCUT2D eigenvalue weighted by Crippen LogP contribution is -2.44. The van der Waals surface area contributed by atoms with E-state index in [2.05, 4.69) is 24.1 Å². The second kappa shape index (κ2) is 8.38. The fourth-order valence-electron chi connectivity index (χ4n) is 3.41. The van der Waals surface area contributed by atoms with Gasteiger partial charge in [0.2, 0.25) is 0 Å². The molecular weight excluding hydrogens is 263 g/mol. The van der Waals surface area contributed by atoms with Crippen LogP contribution in [0.5, 0.6) is 0 Å². The molecule has 2 unspecified atom stereocenters. The average molecular weight is 292 g/mol. The van der Waals surface area contributed by atoms with E-state index in [0.29, 0.717) is 12.0 Å². The fourth-order valence-corrected chi connectivity index (χ4v) is 3.41. The SMILES string of the molecule is CCCNC1CCCCC1CN(CC)c1ccccc1F. The Morgan fingerprint density at radius 2 is 1.95 bits per heavy atom. The molecule has 0 spiro atoms. The maximum atomic E-state index is 14.0. The van der Waals surface area contributed by atoms with Crippen molar-refractivity contribution in [2.75, 3.05) is 24.5 Å². The molecule has 2 rings (SSSR count). The Bertz CT molecular complexity index is 421. The first-order valence-electron chi connectivity index (χ1n) is 8.49. The minimum Gasteiger partial charge on any atom is -0.369 e. The van der Waals surface area contributed by atoms with Crippen LogP contribution in [0.3, 0.4) is 0 Å². The first-order chi connectivity index (χ1) is 10.3. The Hall–Kier alpha value is -1.09. The topological polar surface area (TPSA) is 15.3 Å². The molecule has 3 heteroatoms. The summed E-state index contributed by atoms with van der Waals surface area (Å²) in [5, 5.41) is 3.70. The van der Waals surface area contributed by atoms with Crippen LogP contribution in [0.4, 0.5) is 10.1 Å². The number of nitrogens with one attached hydrogen (secondary N) is 1. The molecule has 2 atom stereocenters. The van der Waals surface area contributed by atoms with Crippen LogP contribution in [0.2, 0.25) is 0 Å². The van der Waals surface area contributed by atoms with Crippen LogP contribution < -0.4 is 10.2 Å². The van der Waals surface area contributed by atoms with E-state index in [4.69, 9.17) is 0 Å². The number of hydrogen-bond acceptors (Lipinski definition) is 2. The van der Waals surface area contributed by atoms with Gasteiger partial charge < -0.3 is 10.2 Å². The number of halogens is 1. The average Bonchev–Trinajstić information content (AvgIpc) is 2.52. The molecule has 0 amide bonds. The maximum Gasteiger partial charge on any atom is 0.146 e. The third kappa shape index (κ3) is 4.44. The Balaban J connectivity index is 2.03. The van der Waals surface area contributed by atoms with Crippen molar-refractivity contribution < 1.29 is 4.39 Å². The molecule has 0 aromatic heterocycles. The normalized spacial score (nSPS) is 22.2. The molecule has 21 heavy (non-hydrogen) atoms. The molecule has 0 aliphatic heterocycles. The highest BCUT2D eigenvalue weighted by Gasteiger charge is 2.26. The number of rotatable bonds is 7. The summed E-state index contributed by atoms with van der Waals surface area (Å²) in [5.41, 5.74) is 0.750. The summed E-state index contributed by atoms with van der Waals surface area (Å²) in [6.07, 6.45) is 6.33. The monoisotopic (exact) mass is 292 g/mol. The van der Waals surface area contributed by atoms with E-state index < -0.39 is 0 Å². The van der Waals surface area contributed by atoms with Crippen molar-refractivity contribution in [1.29, 1.82) is 0 Å². The van der Waals surface area contributed by atoms with Gasteiger partial charge in [-0.05, 0) is 50.8 Å². The predicted molar refractivity (Wildman–Crippen MR) is 88.3 cm³/mol. The second-order valence-corrected chi connectivity index (χ2v) is 6.10. The maximum absolute atomic E-state index is 14.0. The van der Waals surface area contributed by atoms with Gasteiger partial charge in [-0.2, -0.15) is 0 Å². The molecule has 0 radical (unpaired) electrons. The van der Waals surface area contributed by atoms with Crippen LogP contribution in [-0.4, -0.2) is 25.7 Å². The van der Waals surface area contributed by atoms with E-state index in [0.717, 1.165) is 25.3 Å². The molecule has 1 saturated carbocycles. The standard InChI is InChI=1S/C18H29FN2/c1-3-13-20-17-11-7-5-9-15(17)14-21(4-2)18-12-8-6-10-16(18)19/h6,8,10,12,15,17,20H,3-5,7,9,11,13-14H2,1-2H3. The van der Waals surface area contributed by atoms with Crippen LogP contribution in [0, 0.1) is 11.7 Å². The van der Waals surface area contributed by atoms with E-state index in [-0.39, 0.29) is 5.82 Å². The molecule has 1 aromatic rings. The van der Waals surface area contributed by atoms with E-state index in [9.17, 15) is 4.39 Å². The van der Waals surface area contributed by atoms with Gasteiger partial charge in [0.1, 0.15) is 5.82 Å². The fraction of sp³-hybridized carbons (Fsp3) is 0.667. The van der Waals surface area contributed by atoms with Crippen LogP contribution in [0.1, 0.15) is 46.0 Å². The van der Waals surface area contributed by atoms with Gasteiger partial charge in [-0.25, -0.2) is 4.39 Å². The first-order valence-corrected chi connectivity index (χ1v) is 8.49. The molecule has 1 aromatic carbocycles. The third-order valence-corrected chi connectivity index (χ3v) is 4.60. The van der Waals surface area contributed by atoms with Crippen molar-refractivity contribution in [2.24, 2.45) is 5.92 Å². The Labute approximate surface area is 128 Å². The van der Waals surface area contributed by atoms with Crippen LogP contribution in [-0.2, 0) is 0 Å². The summed E-state index contributed by atoms with van der Waals surface area (Å²) >= 11 is 0. The first kappa shape index (κ1) is 16.3. The molecule has 0 saturated heterocycles. The summed E-state index contributed by atoms with van der Waals surface area (Å²) < 4.78 is 14.0. The zero-order valence-corrected chi connectivity index (χ0v) is 13.4. The van der Waals surface area contributed by atoms with E-state index in [1.807, 2.05) is 12.1 Å². The summed E-state index contributed by atoms with van der Waals surface area (Å²) in [6.45, 7) is 7.23. The summed E-state index contributed by atoms with van der Waals surface area (Å²) in [4.78, 5) is 2.20. The van der Waals surface area contributed by atoms with Crippen molar-refractivity contribution in [2.45, 2.75) is 52.0 Å². The molecule has 1 aliphatic carbocycles. The van der Waals surface area contributed by atoms with Crippen molar-refractivity contribution in [3.63, 3.8) is 0 Å². The van der Waals surface area contributed by atoms with Gasteiger partial charge in [0.25, 0.3) is 0 Å². The lowest BCUT2D eigenvalue weighted by molar-refractivity contribution is 0.264. The Morgan fingerprint density at radius 3 is 2.67 bits per heavy atom. The van der Waals surface area contributed by atoms with Crippen LogP contribution in [0.25, 0.3) is 0 Å². The quantitative estimate of drug-likeness (QED) is 0.810. The number of nitrogens with zero attached hydrogens (tertiary/aromatic N) is 1. The zero-order chi connectivity index (χ0) is 15.1. The molecular formula is C18H29FN2. The molecule has 2 nitrogen and oxygen atoms in total.